The lowest BCUT2D eigenvalue weighted by molar-refractivity contribution is 0.0964. The summed E-state index contributed by atoms with van der Waals surface area (Å²) < 4.78 is 2.47. The van der Waals surface area contributed by atoms with Crippen LogP contribution in [0, 0.1) is 0 Å². The van der Waals surface area contributed by atoms with Gasteiger partial charge in [-0.25, -0.2) is 9.36 Å². The molecule has 0 spiro atoms. The summed E-state index contributed by atoms with van der Waals surface area (Å²) in [5.41, 5.74) is 0.400. The highest BCUT2D eigenvalue weighted by molar-refractivity contribution is 6.31. The van der Waals surface area contributed by atoms with Gasteiger partial charge in [-0.3, -0.25) is 9.59 Å². The normalized spacial score (nSPS) is 11.0. The number of hydrogen-bond donors (Lipinski definition) is 0. The summed E-state index contributed by atoms with van der Waals surface area (Å²) >= 11 is 5.84. The van der Waals surface area contributed by atoms with Crippen LogP contribution < -0.4 is 5.56 Å². The molecule has 0 N–H and O–H groups in total. The molecule has 0 aliphatic rings. The fourth-order valence-corrected chi connectivity index (χ4v) is 2.16. The summed E-state index contributed by atoms with van der Waals surface area (Å²) in [5.74, 6) is -0.267. The summed E-state index contributed by atoms with van der Waals surface area (Å²) in [4.78, 5) is 24.4. The van der Waals surface area contributed by atoms with E-state index in [0.717, 1.165) is 4.68 Å². The molecule has 0 bridgehead atoms. The summed E-state index contributed by atoms with van der Waals surface area (Å²) in [6, 6.07) is 6.53. The third-order valence-electron chi connectivity index (χ3n) is 3.06. The Morgan fingerprint density at radius 1 is 1.38 bits per heavy atom. The van der Waals surface area contributed by atoms with Crippen LogP contribution in [0.2, 0.25) is 5.02 Å². The molecule has 0 unspecified atom stereocenters. The smallest absolute Gasteiger partial charge is 0.281 e. The van der Waals surface area contributed by atoms with Crippen LogP contribution in [0.1, 0.15) is 10.4 Å². The average Bonchev–Trinajstić information content (AvgIpc) is 2.84. The monoisotopic (exact) mass is 303 g/mol. The topological polar surface area (TPSA) is 82.7 Å². The summed E-state index contributed by atoms with van der Waals surface area (Å²) in [6.45, 7) is -0.197. The first kappa shape index (κ1) is 13.4. The minimum atomic E-state index is -0.400. The highest BCUT2D eigenvalue weighted by Gasteiger charge is 2.13. The lowest BCUT2D eigenvalue weighted by Gasteiger charge is -2.03. The van der Waals surface area contributed by atoms with Crippen LogP contribution >= 0.6 is 11.6 Å². The minimum absolute atomic E-state index is 0.197. The number of ketones is 1. The number of fused-ring (bicyclic) bond motifs is 1. The van der Waals surface area contributed by atoms with Crippen molar-refractivity contribution in [3.63, 3.8) is 0 Å². The molecule has 8 heteroatoms. The fraction of sp³-hybridized carbons (Fsp3) is 0.154. The number of carbonyl (C=O) groups is 1. The van der Waals surface area contributed by atoms with E-state index in [1.807, 2.05) is 0 Å². The van der Waals surface area contributed by atoms with Crippen LogP contribution in [0.3, 0.4) is 0 Å². The maximum atomic E-state index is 12.2. The van der Waals surface area contributed by atoms with Crippen molar-refractivity contribution >= 4 is 28.4 Å². The van der Waals surface area contributed by atoms with Crippen molar-refractivity contribution < 1.29 is 4.79 Å². The Kier molecular flexibility index (Phi) is 3.26. The van der Waals surface area contributed by atoms with E-state index >= 15 is 0 Å². The molecule has 21 heavy (non-hydrogen) atoms. The number of rotatable bonds is 3. The molecule has 3 aromatic rings. The summed E-state index contributed by atoms with van der Waals surface area (Å²) in [6.07, 6.45) is 1.41. The first-order valence-corrected chi connectivity index (χ1v) is 6.48. The Morgan fingerprint density at radius 3 is 2.95 bits per heavy atom. The molecule has 1 aromatic carbocycles. The third kappa shape index (κ3) is 2.43. The zero-order chi connectivity index (χ0) is 15.0. The molecule has 3 rings (SSSR count). The second kappa shape index (κ2) is 5.10. The Hall–Kier alpha value is -2.54. The van der Waals surface area contributed by atoms with E-state index in [9.17, 15) is 9.59 Å². The Morgan fingerprint density at radius 2 is 2.19 bits per heavy atom. The van der Waals surface area contributed by atoms with Crippen LogP contribution in [0.5, 0.6) is 0 Å². The zero-order valence-electron chi connectivity index (χ0n) is 11.0. The Balaban J connectivity index is 1.97. The standard InChI is InChI=1S/C13H10ClN5O2/c1-18-12-10(6-15-18)13(21)19(17-16-12)7-11(20)8-3-2-4-9(14)5-8/h2-6H,7H2,1H3. The quantitative estimate of drug-likeness (QED) is 0.676. The molecule has 0 aliphatic heterocycles. The first-order chi connectivity index (χ1) is 10.1. The average molecular weight is 304 g/mol. The van der Waals surface area contributed by atoms with Crippen LogP contribution in [-0.2, 0) is 13.6 Å². The highest BCUT2D eigenvalue weighted by atomic mass is 35.5. The molecule has 0 saturated carbocycles. The van der Waals surface area contributed by atoms with Crippen LogP contribution in [0.25, 0.3) is 11.0 Å². The van der Waals surface area contributed by atoms with Crippen molar-refractivity contribution in [3.05, 3.63) is 51.4 Å². The molecule has 0 fully saturated rings. The lowest BCUT2D eigenvalue weighted by Crippen LogP contribution is -2.27. The SMILES string of the molecule is Cn1ncc2c(=O)n(CC(=O)c3cccc(Cl)c3)nnc21. The van der Waals surface area contributed by atoms with E-state index in [-0.39, 0.29) is 12.3 Å². The van der Waals surface area contributed by atoms with Crippen molar-refractivity contribution in [3.8, 4) is 0 Å². The number of carbonyl (C=O) groups excluding carboxylic acids is 1. The largest absolute Gasteiger partial charge is 0.292 e. The number of aryl methyl sites for hydroxylation is 1. The van der Waals surface area contributed by atoms with Gasteiger partial charge in [-0.1, -0.05) is 28.9 Å². The van der Waals surface area contributed by atoms with Crippen molar-refractivity contribution in [2.24, 2.45) is 7.05 Å². The summed E-state index contributed by atoms with van der Waals surface area (Å²) in [7, 11) is 1.66. The predicted octanol–water partition coefficient (Wildman–Crippen LogP) is 1.06. The maximum absolute atomic E-state index is 12.2. The number of Topliss-reactive ketones (excluding diaryl/α,β-unsaturated/α-hetero) is 1. The van der Waals surface area contributed by atoms with Gasteiger partial charge in [0, 0.05) is 17.6 Å². The molecule has 2 aromatic heterocycles. The van der Waals surface area contributed by atoms with E-state index in [2.05, 4.69) is 15.4 Å². The molecular formula is C13H10ClN5O2. The third-order valence-corrected chi connectivity index (χ3v) is 3.29. The van der Waals surface area contributed by atoms with Crippen LogP contribution in [0.15, 0.2) is 35.3 Å². The number of hydrogen-bond acceptors (Lipinski definition) is 5. The van der Waals surface area contributed by atoms with Gasteiger partial charge in [0.25, 0.3) is 5.56 Å². The van der Waals surface area contributed by atoms with Gasteiger partial charge in [-0.2, -0.15) is 5.10 Å². The molecule has 0 radical (unpaired) electrons. The number of nitrogens with zero attached hydrogens (tertiary/aromatic N) is 5. The van der Waals surface area contributed by atoms with Crippen molar-refractivity contribution in [1.82, 2.24) is 24.8 Å². The second-order valence-corrected chi connectivity index (χ2v) is 4.93. The van der Waals surface area contributed by atoms with E-state index in [1.54, 1.807) is 31.3 Å². The van der Waals surface area contributed by atoms with Gasteiger partial charge < -0.3 is 0 Å². The Bertz CT molecular complexity index is 899. The molecule has 106 valence electrons. The van der Waals surface area contributed by atoms with Gasteiger partial charge >= 0.3 is 0 Å². The van der Waals surface area contributed by atoms with Gasteiger partial charge in [0.15, 0.2) is 11.4 Å². The molecular weight excluding hydrogens is 294 g/mol. The molecule has 7 nitrogen and oxygen atoms in total. The van der Waals surface area contributed by atoms with Gasteiger partial charge in [-0.05, 0) is 12.1 Å². The number of benzene rings is 1. The van der Waals surface area contributed by atoms with Crippen LogP contribution in [-0.4, -0.2) is 30.6 Å². The molecule has 0 saturated heterocycles. The number of halogens is 1. The van der Waals surface area contributed by atoms with Gasteiger partial charge in [0.05, 0.1) is 6.20 Å². The molecule has 0 aliphatic carbocycles. The molecule has 0 amide bonds. The van der Waals surface area contributed by atoms with Gasteiger partial charge in [-0.15, -0.1) is 5.10 Å². The van der Waals surface area contributed by atoms with E-state index < -0.39 is 5.56 Å². The second-order valence-electron chi connectivity index (χ2n) is 4.49. The van der Waals surface area contributed by atoms with E-state index in [4.69, 9.17) is 11.6 Å². The van der Waals surface area contributed by atoms with Gasteiger partial charge in [0.2, 0.25) is 0 Å². The number of aromatic nitrogens is 5. The van der Waals surface area contributed by atoms with Crippen molar-refractivity contribution in [2.45, 2.75) is 6.54 Å². The maximum Gasteiger partial charge on any atom is 0.281 e. The first-order valence-electron chi connectivity index (χ1n) is 6.10. The molecule has 0 atom stereocenters. The zero-order valence-corrected chi connectivity index (χ0v) is 11.8. The lowest BCUT2D eigenvalue weighted by atomic mass is 10.1. The van der Waals surface area contributed by atoms with Crippen molar-refractivity contribution in [2.75, 3.05) is 0 Å². The van der Waals surface area contributed by atoms with Gasteiger partial charge in [0.1, 0.15) is 11.9 Å². The summed E-state index contributed by atoms with van der Waals surface area (Å²) in [5, 5.41) is 12.4. The van der Waals surface area contributed by atoms with Crippen molar-refractivity contribution in [1.29, 1.82) is 0 Å². The fourth-order valence-electron chi connectivity index (χ4n) is 1.97. The minimum Gasteiger partial charge on any atom is -0.292 e. The predicted molar refractivity (Wildman–Crippen MR) is 76.3 cm³/mol. The van der Waals surface area contributed by atoms with E-state index in [1.165, 1.54) is 10.9 Å². The Labute approximate surface area is 123 Å². The van der Waals surface area contributed by atoms with Crippen LogP contribution in [0.4, 0.5) is 0 Å². The highest BCUT2D eigenvalue weighted by Crippen LogP contribution is 2.11. The molecule has 2 heterocycles. The van der Waals surface area contributed by atoms with E-state index in [0.29, 0.717) is 21.6 Å².